The van der Waals surface area contributed by atoms with E-state index < -0.39 is 0 Å². The van der Waals surface area contributed by atoms with Gasteiger partial charge in [-0.15, -0.1) is 0 Å². The summed E-state index contributed by atoms with van der Waals surface area (Å²) in [4.78, 5) is 13.0. The Morgan fingerprint density at radius 2 is 2.18 bits per heavy atom. The van der Waals surface area contributed by atoms with E-state index in [2.05, 4.69) is 22.4 Å². The zero-order valence-corrected chi connectivity index (χ0v) is 17.0. The summed E-state index contributed by atoms with van der Waals surface area (Å²) in [5.41, 5.74) is 4.29. The fraction of sp³-hybridized carbons (Fsp3) is 0.429. The lowest BCUT2D eigenvalue weighted by Gasteiger charge is -2.29. The molecule has 2 atom stereocenters. The van der Waals surface area contributed by atoms with E-state index in [1.165, 1.54) is 0 Å². The molecule has 4 rings (SSSR count). The number of hydrogen-bond donors (Lipinski definition) is 2. The first-order valence-electron chi connectivity index (χ1n) is 9.72. The van der Waals surface area contributed by atoms with Gasteiger partial charge in [-0.25, -0.2) is 4.79 Å². The van der Waals surface area contributed by atoms with Crippen LogP contribution in [0.25, 0.3) is 0 Å². The number of ether oxygens (including phenoxy) is 2. The quantitative estimate of drug-likeness (QED) is 0.718. The van der Waals surface area contributed by atoms with Crippen LogP contribution >= 0.6 is 11.6 Å². The fourth-order valence-corrected chi connectivity index (χ4v) is 4.37. The number of carbonyl (C=O) groups is 1. The van der Waals surface area contributed by atoms with E-state index in [4.69, 9.17) is 21.1 Å². The highest BCUT2D eigenvalue weighted by atomic mass is 35.5. The lowest BCUT2D eigenvalue weighted by molar-refractivity contribution is -0.138. The minimum atomic E-state index is -0.353. The summed E-state index contributed by atoms with van der Waals surface area (Å²) < 4.78 is 11.6. The van der Waals surface area contributed by atoms with E-state index in [0.717, 1.165) is 53.2 Å². The smallest absolute Gasteiger partial charge is 0.336 e. The summed E-state index contributed by atoms with van der Waals surface area (Å²) in [6, 6.07) is 3.84. The Morgan fingerprint density at radius 1 is 1.36 bits per heavy atom. The Bertz CT molecular complexity index is 950. The van der Waals surface area contributed by atoms with Crippen molar-refractivity contribution in [3.63, 3.8) is 0 Å². The fourth-order valence-electron chi connectivity index (χ4n) is 4.12. The second kappa shape index (κ2) is 7.51. The highest BCUT2D eigenvalue weighted by Gasteiger charge is 2.38. The predicted octanol–water partition coefficient (Wildman–Crippen LogP) is 4.56. The maximum Gasteiger partial charge on any atom is 0.336 e. The van der Waals surface area contributed by atoms with Gasteiger partial charge in [0.15, 0.2) is 0 Å². The number of aromatic amines is 1. The number of esters is 1. The van der Waals surface area contributed by atoms with Crippen molar-refractivity contribution in [3.05, 3.63) is 51.3 Å². The van der Waals surface area contributed by atoms with Gasteiger partial charge < -0.3 is 14.8 Å². The zero-order valence-electron chi connectivity index (χ0n) is 16.3. The summed E-state index contributed by atoms with van der Waals surface area (Å²) in [7, 11) is 0. The first-order valence-corrected chi connectivity index (χ1v) is 10.1. The SMILES string of the molecule is CCCC1=C(C(=O)OCC)C(c2cc(Cl)cc3c2OC(C)C3)c2cn[nH]c2N1. The number of H-pyrrole nitrogens is 1. The van der Waals surface area contributed by atoms with Crippen LogP contribution in [-0.2, 0) is 16.0 Å². The average molecular weight is 402 g/mol. The van der Waals surface area contributed by atoms with Crippen LogP contribution in [0.15, 0.2) is 29.6 Å². The van der Waals surface area contributed by atoms with E-state index in [9.17, 15) is 4.79 Å². The molecule has 0 fully saturated rings. The van der Waals surface area contributed by atoms with Crippen molar-refractivity contribution in [1.82, 2.24) is 10.2 Å². The molecule has 28 heavy (non-hydrogen) atoms. The predicted molar refractivity (Wildman–Crippen MR) is 108 cm³/mol. The van der Waals surface area contributed by atoms with Crippen LogP contribution in [0.2, 0.25) is 5.02 Å². The van der Waals surface area contributed by atoms with Crippen molar-refractivity contribution in [3.8, 4) is 5.75 Å². The molecule has 2 N–H and O–H groups in total. The van der Waals surface area contributed by atoms with Gasteiger partial charge in [0.25, 0.3) is 0 Å². The molecular weight excluding hydrogens is 378 g/mol. The monoisotopic (exact) mass is 401 g/mol. The maximum absolute atomic E-state index is 13.0. The number of carbonyl (C=O) groups excluding carboxylic acids is 1. The van der Waals surface area contributed by atoms with Gasteiger partial charge in [-0.3, -0.25) is 5.10 Å². The summed E-state index contributed by atoms with van der Waals surface area (Å²) in [6.07, 6.45) is 4.24. The highest BCUT2D eigenvalue weighted by molar-refractivity contribution is 6.30. The molecule has 1 aromatic carbocycles. The molecule has 2 aliphatic rings. The number of aromatic nitrogens is 2. The van der Waals surface area contributed by atoms with Crippen LogP contribution < -0.4 is 10.1 Å². The minimum absolute atomic E-state index is 0.0721. The molecule has 148 valence electrons. The maximum atomic E-state index is 13.0. The Hall–Kier alpha value is -2.47. The van der Waals surface area contributed by atoms with Gasteiger partial charge in [-0.2, -0.15) is 5.10 Å². The number of nitrogens with zero attached hydrogens (tertiary/aromatic N) is 1. The lowest BCUT2D eigenvalue weighted by atomic mass is 9.81. The summed E-state index contributed by atoms with van der Waals surface area (Å²) in [5.74, 6) is 0.929. The van der Waals surface area contributed by atoms with Crippen LogP contribution in [0.4, 0.5) is 5.82 Å². The van der Waals surface area contributed by atoms with Crippen LogP contribution in [0, 0.1) is 0 Å². The minimum Gasteiger partial charge on any atom is -0.490 e. The second-order valence-corrected chi connectivity index (χ2v) is 7.67. The van der Waals surface area contributed by atoms with Crippen molar-refractivity contribution in [2.75, 3.05) is 11.9 Å². The number of allylic oxidation sites excluding steroid dienone is 1. The molecule has 0 amide bonds. The molecule has 0 saturated heterocycles. The van der Waals surface area contributed by atoms with Gasteiger partial charge in [0.2, 0.25) is 0 Å². The van der Waals surface area contributed by atoms with Crippen LogP contribution in [0.5, 0.6) is 5.75 Å². The van der Waals surface area contributed by atoms with Crippen molar-refractivity contribution in [2.45, 2.75) is 52.1 Å². The number of hydrogen-bond acceptors (Lipinski definition) is 5. The first kappa shape index (κ1) is 18.9. The molecule has 0 saturated carbocycles. The third-order valence-electron chi connectivity index (χ3n) is 5.16. The first-order chi connectivity index (χ1) is 13.5. The number of rotatable bonds is 5. The third kappa shape index (κ3) is 3.15. The zero-order chi connectivity index (χ0) is 19.8. The number of benzene rings is 1. The summed E-state index contributed by atoms with van der Waals surface area (Å²) in [5, 5.41) is 11.2. The third-order valence-corrected chi connectivity index (χ3v) is 5.38. The molecule has 0 spiro atoms. The molecule has 0 bridgehead atoms. The molecule has 1 aromatic heterocycles. The topological polar surface area (TPSA) is 76.2 Å². The Labute approximate surface area is 169 Å². The van der Waals surface area contributed by atoms with E-state index in [-0.39, 0.29) is 18.0 Å². The Kier molecular flexibility index (Phi) is 5.06. The van der Waals surface area contributed by atoms with E-state index >= 15 is 0 Å². The largest absolute Gasteiger partial charge is 0.490 e. The molecule has 2 aliphatic heterocycles. The molecule has 3 heterocycles. The molecule has 7 heteroatoms. The Morgan fingerprint density at radius 3 is 2.93 bits per heavy atom. The summed E-state index contributed by atoms with van der Waals surface area (Å²) in [6.45, 7) is 6.24. The van der Waals surface area contributed by atoms with E-state index in [1.807, 2.05) is 26.0 Å². The van der Waals surface area contributed by atoms with Gasteiger partial charge >= 0.3 is 5.97 Å². The second-order valence-electron chi connectivity index (χ2n) is 7.24. The van der Waals surface area contributed by atoms with Gasteiger partial charge in [0, 0.05) is 28.3 Å². The van der Waals surface area contributed by atoms with Gasteiger partial charge in [-0.1, -0.05) is 24.9 Å². The Balaban J connectivity index is 1.94. The molecule has 2 aromatic rings. The number of fused-ring (bicyclic) bond motifs is 2. The van der Waals surface area contributed by atoms with Crippen molar-refractivity contribution < 1.29 is 14.3 Å². The van der Waals surface area contributed by atoms with Crippen LogP contribution in [0.1, 0.15) is 56.2 Å². The average Bonchev–Trinajstić information content (AvgIpc) is 3.25. The molecule has 6 nitrogen and oxygen atoms in total. The lowest BCUT2D eigenvalue weighted by Crippen LogP contribution is -2.25. The van der Waals surface area contributed by atoms with Gasteiger partial charge in [0.05, 0.1) is 24.3 Å². The molecule has 0 aliphatic carbocycles. The highest BCUT2D eigenvalue weighted by Crippen LogP contribution is 2.48. The summed E-state index contributed by atoms with van der Waals surface area (Å²) >= 11 is 6.46. The van der Waals surface area contributed by atoms with Crippen LogP contribution in [0.3, 0.4) is 0 Å². The van der Waals surface area contributed by atoms with E-state index in [0.29, 0.717) is 17.2 Å². The van der Waals surface area contributed by atoms with Crippen molar-refractivity contribution in [2.24, 2.45) is 0 Å². The molecule has 0 radical (unpaired) electrons. The number of anilines is 1. The molecule has 2 unspecified atom stereocenters. The normalized spacial score (nSPS) is 20.3. The van der Waals surface area contributed by atoms with E-state index in [1.54, 1.807) is 6.20 Å². The number of nitrogens with one attached hydrogen (secondary N) is 2. The number of halogens is 1. The van der Waals surface area contributed by atoms with Gasteiger partial charge in [0.1, 0.15) is 17.7 Å². The van der Waals surface area contributed by atoms with Crippen molar-refractivity contribution in [1.29, 1.82) is 0 Å². The molecular formula is C21H24ClN3O3. The van der Waals surface area contributed by atoms with Crippen LogP contribution in [-0.4, -0.2) is 28.9 Å². The van der Waals surface area contributed by atoms with Gasteiger partial charge in [-0.05, 0) is 38.0 Å². The standard InChI is InChI=1S/C21H24ClN3O3/c1-4-6-16-18(21(26)27-5-2)17(15-10-23-25-20(15)24-16)14-9-13(22)8-12-7-11(3)28-19(12)14/h8-11,17H,4-7H2,1-3H3,(H2,23,24,25). The van der Waals surface area contributed by atoms with Crippen molar-refractivity contribution >= 4 is 23.4 Å².